The quantitative estimate of drug-likeness (QED) is 0.836. The number of nitrogens with zero attached hydrogens (tertiary/aromatic N) is 1. The zero-order chi connectivity index (χ0) is 12.8. The fraction of sp³-hybridized carbons (Fsp3) is 0.455. The molecule has 0 spiro atoms. The number of rotatable bonds is 3. The number of aryl methyl sites for hydroxylation is 1. The highest BCUT2D eigenvalue weighted by Crippen LogP contribution is 2.32. The number of hydrogen-bond acceptors (Lipinski definition) is 3. The van der Waals surface area contributed by atoms with E-state index in [-0.39, 0.29) is 22.2 Å². The third-order valence-corrected chi connectivity index (χ3v) is 4.87. The second kappa shape index (κ2) is 3.96. The number of anilines is 1. The summed E-state index contributed by atoms with van der Waals surface area (Å²) in [7, 11) is -2.30. The second-order valence-electron chi connectivity index (χ2n) is 4.40. The van der Waals surface area contributed by atoms with Crippen molar-refractivity contribution in [1.29, 1.82) is 0 Å². The van der Waals surface area contributed by atoms with Crippen LogP contribution in [0.5, 0.6) is 0 Å². The van der Waals surface area contributed by atoms with Gasteiger partial charge in [0.25, 0.3) is 0 Å². The van der Waals surface area contributed by atoms with Gasteiger partial charge in [0, 0.05) is 18.8 Å². The molecule has 94 valence electrons. The molecule has 4 nitrogen and oxygen atoms in total. The summed E-state index contributed by atoms with van der Waals surface area (Å²) in [6, 6.07) is 2.60. The molecule has 0 saturated heterocycles. The molecule has 0 heterocycles. The second-order valence-corrected chi connectivity index (χ2v) is 6.37. The van der Waals surface area contributed by atoms with E-state index in [0.717, 1.165) is 12.8 Å². The Kier molecular flexibility index (Phi) is 2.87. The van der Waals surface area contributed by atoms with Crippen molar-refractivity contribution in [2.75, 3.05) is 12.8 Å². The van der Waals surface area contributed by atoms with Gasteiger partial charge in [-0.05, 0) is 37.5 Å². The van der Waals surface area contributed by atoms with Crippen LogP contribution in [0.1, 0.15) is 18.4 Å². The molecule has 1 aromatic rings. The third kappa shape index (κ3) is 2.14. The molecule has 2 rings (SSSR count). The topological polar surface area (TPSA) is 63.4 Å². The van der Waals surface area contributed by atoms with E-state index >= 15 is 0 Å². The first-order valence-corrected chi connectivity index (χ1v) is 6.81. The first-order chi connectivity index (χ1) is 7.84. The van der Waals surface area contributed by atoms with Crippen LogP contribution < -0.4 is 5.73 Å². The van der Waals surface area contributed by atoms with Crippen LogP contribution in [0.3, 0.4) is 0 Å². The van der Waals surface area contributed by atoms with Crippen molar-refractivity contribution in [2.45, 2.75) is 30.7 Å². The normalized spacial score (nSPS) is 16.5. The first kappa shape index (κ1) is 12.3. The van der Waals surface area contributed by atoms with Crippen LogP contribution >= 0.6 is 0 Å². The van der Waals surface area contributed by atoms with Crippen molar-refractivity contribution >= 4 is 15.7 Å². The van der Waals surface area contributed by atoms with Crippen LogP contribution in [0.15, 0.2) is 17.0 Å². The third-order valence-electron chi connectivity index (χ3n) is 2.96. The maximum absolute atomic E-state index is 13.9. The molecule has 1 saturated carbocycles. The molecular weight excluding hydrogens is 243 g/mol. The molecule has 1 fully saturated rings. The Morgan fingerprint density at radius 1 is 1.41 bits per heavy atom. The monoisotopic (exact) mass is 258 g/mol. The van der Waals surface area contributed by atoms with E-state index < -0.39 is 15.8 Å². The van der Waals surface area contributed by atoms with Gasteiger partial charge in [-0.1, -0.05) is 0 Å². The molecule has 1 aliphatic rings. The highest BCUT2D eigenvalue weighted by atomic mass is 32.2. The van der Waals surface area contributed by atoms with E-state index in [2.05, 4.69) is 0 Å². The molecule has 6 heteroatoms. The zero-order valence-electron chi connectivity index (χ0n) is 9.77. The summed E-state index contributed by atoms with van der Waals surface area (Å²) in [4.78, 5) is -0.329. The Labute approximate surface area is 100 Å². The summed E-state index contributed by atoms with van der Waals surface area (Å²) >= 11 is 0. The summed E-state index contributed by atoms with van der Waals surface area (Å²) in [6.07, 6.45) is 1.66. The molecule has 0 aliphatic heterocycles. The number of nitrogens with two attached hydrogens (primary N) is 1. The summed E-state index contributed by atoms with van der Waals surface area (Å²) in [5, 5.41) is 0. The number of benzene rings is 1. The van der Waals surface area contributed by atoms with E-state index in [1.165, 1.54) is 30.4 Å². The largest absolute Gasteiger partial charge is 0.399 e. The maximum atomic E-state index is 13.9. The van der Waals surface area contributed by atoms with Crippen molar-refractivity contribution in [3.8, 4) is 0 Å². The van der Waals surface area contributed by atoms with Crippen LogP contribution in [0, 0.1) is 12.7 Å². The molecule has 0 amide bonds. The average Bonchev–Trinajstić information content (AvgIpc) is 3.05. The summed E-state index contributed by atoms with van der Waals surface area (Å²) < 4.78 is 39.4. The molecule has 0 bridgehead atoms. The fourth-order valence-corrected chi connectivity index (χ4v) is 3.33. The Hall–Kier alpha value is -1.14. The average molecular weight is 258 g/mol. The first-order valence-electron chi connectivity index (χ1n) is 5.37. The Morgan fingerprint density at radius 2 is 2.00 bits per heavy atom. The summed E-state index contributed by atoms with van der Waals surface area (Å²) in [5.41, 5.74) is 6.07. The van der Waals surface area contributed by atoms with Crippen LogP contribution in [0.25, 0.3) is 0 Å². The number of halogens is 1. The van der Waals surface area contributed by atoms with E-state index in [1.54, 1.807) is 0 Å². The van der Waals surface area contributed by atoms with Gasteiger partial charge in [0.1, 0.15) is 10.7 Å². The minimum Gasteiger partial charge on any atom is -0.399 e. The highest BCUT2D eigenvalue weighted by molar-refractivity contribution is 7.89. The fourth-order valence-electron chi connectivity index (χ4n) is 1.74. The minimum atomic E-state index is -3.77. The molecule has 0 atom stereocenters. The van der Waals surface area contributed by atoms with Gasteiger partial charge in [-0.3, -0.25) is 0 Å². The van der Waals surface area contributed by atoms with Gasteiger partial charge >= 0.3 is 0 Å². The lowest BCUT2D eigenvalue weighted by atomic mass is 10.2. The van der Waals surface area contributed by atoms with Crippen molar-refractivity contribution in [3.05, 3.63) is 23.5 Å². The molecule has 0 radical (unpaired) electrons. The lowest BCUT2D eigenvalue weighted by Crippen LogP contribution is -2.29. The van der Waals surface area contributed by atoms with Crippen molar-refractivity contribution < 1.29 is 12.8 Å². The zero-order valence-corrected chi connectivity index (χ0v) is 10.6. The molecular formula is C11H15FN2O2S. The van der Waals surface area contributed by atoms with Crippen molar-refractivity contribution in [1.82, 2.24) is 4.31 Å². The van der Waals surface area contributed by atoms with Gasteiger partial charge in [0.05, 0.1) is 0 Å². The SMILES string of the molecule is Cc1cc(N)cc(S(=O)(=O)N(C)C2CC2)c1F. The van der Waals surface area contributed by atoms with Gasteiger partial charge in [0.2, 0.25) is 10.0 Å². The lowest BCUT2D eigenvalue weighted by Gasteiger charge is -2.17. The van der Waals surface area contributed by atoms with Crippen molar-refractivity contribution in [2.24, 2.45) is 0 Å². The van der Waals surface area contributed by atoms with E-state index in [1.807, 2.05) is 0 Å². The standard InChI is InChI=1S/C11H15FN2O2S/c1-7-5-8(13)6-10(11(7)12)17(15,16)14(2)9-3-4-9/h5-6,9H,3-4,13H2,1-2H3. The highest BCUT2D eigenvalue weighted by Gasteiger charge is 2.36. The van der Waals surface area contributed by atoms with Gasteiger partial charge in [-0.25, -0.2) is 12.8 Å². The molecule has 17 heavy (non-hydrogen) atoms. The summed E-state index contributed by atoms with van der Waals surface area (Å²) in [5.74, 6) is -0.716. The molecule has 0 unspecified atom stereocenters. The van der Waals surface area contributed by atoms with Gasteiger partial charge in [0.15, 0.2) is 0 Å². The minimum absolute atomic E-state index is 0.00105. The van der Waals surface area contributed by atoms with Crippen molar-refractivity contribution in [3.63, 3.8) is 0 Å². The summed E-state index contributed by atoms with van der Waals surface area (Å²) in [6.45, 7) is 1.50. The van der Waals surface area contributed by atoms with Crippen LogP contribution in [-0.2, 0) is 10.0 Å². The van der Waals surface area contributed by atoms with Crippen LogP contribution in [-0.4, -0.2) is 25.8 Å². The predicted molar refractivity (Wildman–Crippen MR) is 63.5 cm³/mol. The Balaban J connectivity index is 2.52. The molecule has 1 aliphatic carbocycles. The number of sulfonamides is 1. The van der Waals surface area contributed by atoms with Crippen LogP contribution in [0.2, 0.25) is 0 Å². The van der Waals surface area contributed by atoms with E-state index in [0.29, 0.717) is 0 Å². The Bertz CT molecular complexity index is 553. The smallest absolute Gasteiger partial charge is 0.246 e. The number of nitrogen functional groups attached to an aromatic ring is 1. The molecule has 1 aromatic carbocycles. The van der Waals surface area contributed by atoms with E-state index in [4.69, 9.17) is 5.73 Å². The maximum Gasteiger partial charge on any atom is 0.246 e. The van der Waals surface area contributed by atoms with Gasteiger partial charge in [-0.2, -0.15) is 4.31 Å². The Morgan fingerprint density at radius 3 is 2.53 bits per heavy atom. The predicted octanol–water partition coefficient (Wildman–Crippen LogP) is 1.50. The van der Waals surface area contributed by atoms with E-state index in [9.17, 15) is 12.8 Å². The number of hydrogen-bond donors (Lipinski definition) is 1. The molecule has 2 N–H and O–H groups in total. The van der Waals surface area contributed by atoms with Gasteiger partial charge in [-0.15, -0.1) is 0 Å². The lowest BCUT2D eigenvalue weighted by molar-refractivity contribution is 0.457. The van der Waals surface area contributed by atoms with Crippen LogP contribution in [0.4, 0.5) is 10.1 Å². The molecule has 0 aromatic heterocycles. The van der Waals surface area contributed by atoms with Gasteiger partial charge < -0.3 is 5.73 Å².